The minimum absolute atomic E-state index is 0.00881. The van der Waals surface area contributed by atoms with Crippen LogP contribution in [-0.4, -0.2) is 23.3 Å². The van der Waals surface area contributed by atoms with E-state index in [1.807, 2.05) is 0 Å². The molecule has 0 radical (unpaired) electrons. The van der Waals surface area contributed by atoms with Crippen molar-refractivity contribution >= 4 is 5.97 Å². The molecule has 4 unspecified atom stereocenters. The lowest BCUT2D eigenvalue weighted by molar-refractivity contribution is -0.155. The van der Waals surface area contributed by atoms with Crippen molar-refractivity contribution in [3.63, 3.8) is 0 Å². The van der Waals surface area contributed by atoms with Crippen LogP contribution in [0.15, 0.2) is 0 Å². The van der Waals surface area contributed by atoms with Gasteiger partial charge in [-0.15, -0.1) is 0 Å². The largest absolute Gasteiger partial charge is 0.458 e. The van der Waals surface area contributed by atoms with E-state index in [9.17, 15) is 9.90 Å². The van der Waals surface area contributed by atoms with Crippen LogP contribution in [0, 0.1) is 17.8 Å². The molecule has 3 heteroatoms. The fourth-order valence-electron chi connectivity index (χ4n) is 4.10. The third-order valence-corrected chi connectivity index (χ3v) is 4.69. The molecule has 1 aliphatic heterocycles. The number of rotatable bonds is 1. The molecule has 1 spiro atoms. The lowest BCUT2D eigenvalue weighted by Crippen LogP contribution is -2.42. The van der Waals surface area contributed by atoms with Crippen molar-refractivity contribution in [1.82, 2.24) is 0 Å². The van der Waals surface area contributed by atoms with Gasteiger partial charge in [0, 0.05) is 12.5 Å². The second-order valence-corrected chi connectivity index (χ2v) is 5.45. The number of esters is 1. The Bertz CT molecular complexity index is 289. The topological polar surface area (TPSA) is 46.5 Å². The molecule has 0 aromatic heterocycles. The Labute approximate surface area is 89.8 Å². The average molecular weight is 210 g/mol. The van der Waals surface area contributed by atoms with Crippen molar-refractivity contribution in [1.29, 1.82) is 0 Å². The molecule has 15 heavy (non-hydrogen) atoms. The van der Waals surface area contributed by atoms with E-state index in [1.54, 1.807) is 0 Å². The maximum Gasteiger partial charge on any atom is 0.306 e. The summed E-state index contributed by atoms with van der Waals surface area (Å²) in [6.07, 6.45) is 6.13. The lowest BCUT2D eigenvalue weighted by atomic mass is 9.70. The minimum Gasteiger partial charge on any atom is -0.458 e. The number of aliphatic hydroxyl groups excluding tert-OH is 1. The Morgan fingerprint density at radius 2 is 2.20 bits per heavy atom. The van der Waals surface area contributed by atoms with E-state index < -0.39 is 0 Å². The highest BCUT2D eigenvalue weighted by molar-refractivity contribution is 5.73. The van der Waals surface area contributed by atoms with E-state index in [0.717, 1.165) is 19.3 Å². The Hall–Kier alpha value is -0.570. The highest BCUT2D eigenvalue weighted by Gasteiger charge is 2.59. The number of hydrogen-bond donors (Lipinski definition) is 1. The number of carbonyl (C=O) groups is 1. The van der Waals surface area contributed by atoms with Crippen molar-refractivity contribution in [2.24, 2.45) is 17.8 Å². The van der Waals surface area contributed by atoms with E-state index in [2.05, 4.69) is 0 Å². The van der Waals surface area contributed by atoms with E-state index in [-0.39, 0.29) is 18.2 Å². The summed E-state index contributed by atoms with van der Waals surface area (Å²) in [5.74, 6) is 1.33. The molecule has 0 bridgehead atoms. The van der Waals surface area contributed by atoms with Gasteiger partial charge in [0.1, 0.15) is 5.60 Å². The second-order valence-electron chi connectivity index (χ2n) is 5.45. The maximum absolute atomic E-state index is 11.5. The quantitative estimate of drug-likeness (QED) is 0.667. The van der Waals surface area contributed by atoms with Crippen LogP contribution in [0.2, 0.25) is 0 Å². The van der Waals surface area contributed by atoms with Gasteiger partial charge < -0.3 is 9.84 Å². The van der Waals surface area contributed by atoms with E-state index in [0.29, 0.717) is 24.2 Å². The Kier molecular flexibility index (Phi) is 2.06. The summed E-state index contributed by atoms with van der Waals surface area (Å²) in [7, 11) is 0. The Morgan fingerprint density at radius 1 is 1.40 bits per heavy atom. The summed E-state index contributed by atoms with van der Waals surface area (Å²) >= 11 is 0. The number of ether oxygens (including phenoxy) is 1. The average Bonchev–Trinajstić information content (AvgIpc) is 2.72. The van der Waals surface area contributed by atoms with Crippen LogP contribution in [0.4, 0.5) is 0 Å². The lowest BCUT2D eigenvalue weighted by Gasteiger charge is -2.39. The van der Waals surface area contributed by atoms with Crippen molar-refractivity contribution in [2.75, 3.05) is 6.61 Å². The molecule has 2 aliphatic carbocycles. The summed E-state index contributed by atoms with van der Waals surface area (Å²) in [6.45, 7) is 0.253. The van der Waals surface area contributed by atoms with Crippen molar-refractivity contribution < 1.29 is 14.6 Å². The molecule has 4 atom stereocenters. The van der Waals surface area contributed by atoms with Crippen molar-refractivity contribution in [3.8, 4) is 0 Å². The van der Waals surface area contributed by atoms with E-state index in [1.165, 1.54) is 12.8 Å². The molecule has 84 valence electrons. The summed E-state index contributed by atoms with van der Waals surface area (Å²) < 4.78 is 5.66. The number of carbonyl (C=O) groups excluding carboxylic acids is 1. The molecule has 0 aromatic rings. The predicted octanol–water partition coefficient (Wildman–Crippen LogP) is 1.49. The Balaban J connectivity index is 1.90. The first kappa shape index (κ1) is 9.64. The zero-order valence-corrected chi connectivity index (χ0v) is 8.95. The molecule has 3 rings (SSSR count). The van der Waals surface area contributed by atoms with Gasteiger partial charge in [-0.1, -0.05) is 6.42 Å². The number of aliphatic hydroxyl groups is 1. The third-order valence-electron chi connectivity index (χ3n) is 4.69. The van der Waals surface area contributed by atoms with Crippen LogP contribution in [0.1, 0.15) is 38.5 Å². The van der Waals surface area contributed by atoms with Gasteiger partial charge in [0.25, 0.3) is 0 Å². The van der Waals surface area contributed by atoms with Gasteiger partial charge in [0.15, 0.2) is 0 Å². The fraction of sp³-hybridized carbons (Fsp3) is 0.917. The zero-order chi connectivity index (χ0) is 10.5. The Morgan fingerprint density at radius 3 is 3.00 bits per heavy atom. The van der Waals surface area contributed by atoms with Crippen LogP contribution < -0.4 is 0 Å². The summed E-state index contributed by atoms with van der Waals surface area (Å²) in [5.41, 5.74) is -0.164. The molecule has 3 fully saturated rings. The smallest absolute Gasteiger partial charge is 0.306 e. The van der Waals surface area contributed by atoms with Crippen LogP contribution in [0.3, 0.4) is 0 Å². The standard InChI is InChI=1S/C12H18O3/c13-7-8-4-9-2-1-3-10-5-11(14)15-12(9,10)6-8/h8-10,13H,1-7H2. The highest BCUT2D eigenvalue weighted by Crippen LogP contribution is 2.57. The maximum atomic E-state index is 11.5. The van der Waals surface area contributed by atoms with Crippen LogP contribution in [0.5, 0.6) is 0 Å². The SMILES string of the molecule is O=C1CC2CCCC3CC(CO)CC23O1. The molecule has 1 heterocycles. The minimum atomic E-state index is -0.164. The van der Waals surface area contributed by atoms with Crippen LogP contribution in [-0.2, 0) is 9.53 Å². The first-order chi connectivity index (χ1) is 7.24. The van der Waals surface area contributed by atoms with Crippen LogP contribution in [0.25, 0.3) is 0 Å². The zero-order valence-electron chi connectivity index (χ0n) is 8.95. The molecule has 1 saturated heterocycles. The van der Waals surface area contributed by atoms with Gasteiger partial charge in [-0.25, -0.2) is 0 Å². The molecular weight excluding hydrogens is 192 g/mol. The molecule has 0 aromatic carbocycles. The fourth-order valence-corrected chi connectivity index (χ4v) is 4.10. The molecule has 0 amide bonds. The van der Waals surface area contributed by atoms with Gasteiger partial charge in [-0.3, -0.25) is 4.79 Å². The van der Waals surface area contributed by atoms with Gasteiger partial charge in [-0.2, -0.15) is 0 Å². The van der Waals surface area contributed by atoms with E-state index >= 15 is 0 Å². The van der Waals surface area contributed by atoms with Crippen molar-refractivity contribution in [3.05, 3.63) is 0 Å². The van der Waals surface area contributed by atoms with Crippen molar-refractivity contribution in [2.45, 2.75) is 44.1 Å². The summed E-state index contributed by atoms with van der Waals surface area (Å²) in [6, 6.07) is 0. The number of hydrogen-bond acceptors (Lipinski definition) is 3. The monoisotopic (exact) mass is 210 g/mol. The molecule has 3 aliphatic rings. The highest BCUT2D eigenvalue weighted by atomic mass is 16.6. The summed E-state index contributed by atoms with van der Waals surface area (Å²) in [4.78, 5) is 11.5. The molecule has 2 saturated carbocycles. The van der Waals surface area contributed by atoms with E-state index in [4.69, 9.17) is 4.74 Å². The van der Waals surface area contributed by atoms with Gasteiger partial charge in [0.2, 0.25) is 0 Å². The van der Waals surface area contributed by atoms with Crippen LogP contribution >= 0.6 is 0 Å². The van der Waals surface area contributed by atoms with Gasteiger partial charge in [0.05, 0.1) is 6.42 Å². The molecule has 3 nitrogen and oxygen atoms in total. The normalized spacial score (nSPS) is 48.6. The first-order valence-corrected chi connectivity index (χ1v) is 6.07. The van der Waals surface area contributed by atoms with Gasteiger partial charge >= 0.3 is 5.97 Å². The molecular formula is C12H18O3. The summed E-state index contributed by atoms with van der Waals surface area (Å²) in [5, 5.41) is 9.26. The third kappa shape index (κ3) is 1.25. The first-order valence-electron chi connectivity index (χ1n) is 6.07. The molecule has 1 N–H and O–H groups in total. The van der Waals surface area contributed by atoms with Gasteiger partial charge in [-0.05, 0) is 37.5 Å². The predicted molar refractivity (Wildman–Crippen MR) is 54.1 cm³/mol. The second kappa shape index (κ2) is 3.21.